The van der Waals surface area contributed by atoms with Gasteiger partial charge in [0.2, 0.25) is 0 Å². The lowest BCUT2D eigenvalue weighted by atomic mass is 9.85. The summed E-state index contributed by atoms with van der Waals surface area (Å²) >= 11 is 0. The highest BCUT2D eigenvalue weighted by molar-refractivity contribution is 5.61. The predicted octanol–water partition coefficient (Wildman–Crippen LogP) is 4.94. The normalized spacial score (nSPS) is 14.3. The quantitative estimate of drug-likeness (QED) is 0.720. The van der Waals surface area contributed by atoms with Gasteiger partial charge in [-0.1, -0.05) is 12.5 Å². The van der Waals surface area contributed by atoms with Crippen LogP contribution in [0.15, 0.2) is 42.7 Å². The van der Waals surface area contributed by atoms with E-state index in [1.165, 1.54) is 19.3 Å². The number of ether oxygens (including phenoxy) is 1. The van der Waals surface area contributed by atoms with Crippen LogP contribution in [0.25, 0.3) is 11.3 Å². The highest BCUT2D eigenvalue weighted by atomic mass is 16.5. The minimum Gasteiger partial charge on any atom is -0.487 e. The Kier molecular flexibility index (Phi) is 4.26. The molecule has 0 aliphatic heterocycles. The van der Waals surface area contributed by atoms with E-state index in [0.717, 1.165) is 39.7 Å². The summed E-state index contributed by atoms with van der Waals surface area (Å²) in [5, 5.41) is 0. The van der Waals surface area contributed by atoms with Crippen LogP contribution in [0, 0.1) is 13.8 Å². The number of benzene rings is 1. The Morgan fingerprint density at radius 1 is 1.08 bits per heavy atom. The number of imidazole rings is 1. The van der Waals surface area contributed by atoms with Gasteiger partial charge in [0.05, 0.1) is 17.6 Å². The van der Waals surface area contributed by atoms with E-state index in [2.05, 4.69) is 40.1 Å². The number of nitrogens with zero attached hydrogens (tertiary/aromatic N) is 2. The lowest BCUT2D eigenvalue weighted by Gasteiger charge is -2.22. The summed E-state index contributed by atoms with van der Waals surface area (Å²) in [5.41, 5.74) is 5.44. The van der Waals surface area contributed by atoms with Gasteiger partial charge in [0.1, 0.15) is 18.2 Å². The molecule has 1 aromatic carbocycles. The number of hydrogen-bond acceptors (Lipinski definition) is 3. The third kappa shape index (κ3) is 3.43. The van der Waals surface area contributed by atoms with Crippen LogP contribution in [-0.4, -0.2) is 15.0 Å². The van der Waals surface area contributed by atoms with Gasteiger partial charge in [0.15, 0.2) is 0 Å². The van der Waals surface area contributed by atoms with Crippen molar-refractivity contribution in [3.05, 3.63) is 65.4 Å². The van der Waals surface area contributed by atoms with E-state index in [1.807, 2.05) is 31.5 Å². The average Bonchev–Trinajstić information content (AvgIpc) is 3.03. The van der Waals surface area contributed by atoms with Gasteiger partial charge in [-0.25, -0.2) is 4.98 Å². The smallest absolute Gasteiger partial charge is 0.130 e. The second-order valence-electron chi connectivity index (χ2n) is 6.91. The van der Waals surface area contributed by atoms with Crippen LogP contribution >= 0.6 is 0 Å². The Labute approximate surface area is 148 Å². The van der Waals surface area contributed by atoms with Gasteiger partial charge in [0, 0.05) is 17.7 Å². The van der Waals surface area contributed by atoms with Crippen molar-refractivity contribution in [1.82, 2.24) is 15.0 Å². The molecule has 4 nitrogen and oxygen atoms in total. The molecule has 0 bridgehead atoms. The first-order valence-electron chi connectivity index (χ1n) is 8.89. The van der Waals surface area contributed by atoms with Gasteiger partial charge in [0.25, 0.3) is 0 Å². The Morgan fingerprint density at radius 2 is 1.96 bits per heavy atom. The van der Waals surface area contributed by atoms with Crippen LogP contribution < -0.4 is 4.74 Å². The van der Waals surface area contributed by atoms with Gasteiger partial charge in [-0.05, 0) is 62.1 Å². The zero-order chi connectivity index (χ0) is 17.2. The Balaban J connectivity index is 1.46. The lowest BCUT2D eigenvalue weighted by molar-refractivity contribution is 0.299. The van der Waals surface area contributed by atoms with Gasteiger partial charge in [-0.3, -0.25) is 4.98 Å². The number of H-pyrrole nitrogens is 1. The number of aromatic nitrogens is 3. The Morgan fingerprint density at radius 3 is 2.64 bits per heavy atom. The van der Waals surface area contributed by atoms with E-state index < -0.39 is 0 Å². The fraction of sp³-hybridized carbons (Fsp3) is 0.333. The molecule has 1 N–H and O–H groups in total. The molecular formula is C21H23N3O. The summed E-state index contributed by atoms with van der Waals surface area (Å²) in [6.07, 6.45) is 7.64. The van der Waals surface area contributed by atoms with Crippen LogP contribution in [0.2, 0.25) is 0 Å². The van der Waals surface area contributed by atoms with E-state index in [-0.39, 0.29) is 0 Å². The molecule has 0 unspecified atom stereocenters. The van der Waals surface area contributed by atoms with Gasteiger partial charge in [-0.2, -0.15) is 0 Å². The maximum Gasteiger partial charge on any atom is 0.130 e. The van der Waals surface area contributed by atoms with Crippen molar-refractivity contribution in [2.75, 3.05) is 0 Å². The lowest BCUT2D eigenvalue weighted by Crippen LogP contribution is -2.10. The number of aryl methyl sites for hydroxylation is 2. The van der Waals surface area contributed by atoms with Gasteiger partial charge >= 0.3 is 0 Å². The monoisotopic (exact) mass is 333 g/mol. The molecule has 0 spiro atoms. The van der Waals surface area contributed by atoms with Crippen molar-refractivity contribution in [2.45, 2.75) is 45.6 Å². The first-order chi connectivity index (χ1) is 12.2. The second kappa shape index (κ2) is 6.71. The molecule has 0 amide bonds. The van der Waals surface area contributed by atoms with E-state index in [1.54, 1.807) is 0 Å². The standard InChI is InChI=1S/C21H23N3O/c1-14-6-8-18(22-11-14)13-25-20-9-7-17(10-15(20)2)19-12-23-21(24-19)16-4-3-5-16/h6-12,16H,3-5,13H2,1-2H3,(H,23,24). The third-order valence-corrected chi connectivity index (χ3v) is 4.92. The van der Waals surface area contributed by atoms with Gasteiger partial charge < -0.3 is 9.72 Å². The summed E-state index contributed by atoms with van der Waals surface area (Å²) in [5.74, 6) is 2.65. The molecule has 1 aliphatic carbocycles. The average molecular weight is 333 g/mol. The van der Waals surface area contributed by atoms with Gasteiger partial charge in [-0.15, -0.1) is 0 Å². The minimum atomic E-state index is 0.482. The fourth-order valence-corrected chi connectivity index (χ4v) is 3.09. The van der Waals surface area contributed by atoms with Crippen molar-refractivity contribution in [3.8, 4) is 17.0 Å². The molecule has 3 aromatic rings. The molecular weight excluding hydrogens is 310 g/mol. The number of pyridine rings is 1. The maximum atomic E-state index is 5.94. The summed E-state index contributed by atoms with van der Waals surface area (Å²) in [4.78, 5) is 12.4. The first-order valence-corrected chi connectivity index (χ1v) is 8.89. The van der Waals surface area contributed by atoms with Crippen molar-refractivity contribution >= 4 is 0 Å². The van der Waals surface area contributed by atoms with E-state index in [0.29, 0.717) is 12.5 Å². The van der Waals surface area contributed by atoms with Crippen molar-refractivity contribution in [3.63, 3.8) is 0 Å². The minimum absolute atomic E-state index is 0.482. The van der Waals surface area contributed by atoms with Crippen molar-refractivity contribution < 1.29 is 4.74 Å². The largest absolute Gasteiger partial charge is 0.487 e. The third-order valence-electron chi connectivity index (χ3n) is 4.92. The number of aromatic amines is 1. The molecule has 25 heavy (non-hydrogen) atoms. The highest BCUT2D eigenvalue weighted by Crippen LogP contribution is 2.35. The van der Waals surface area contributed by atoms with E-state index >= 15 is 0 Å². The Bertz CT molecular complexity index is 863. The van der Waals surface area contributed by atoms with Crippen LogP contribution in [-0.2, 0) is 6.61 Å². The molecule has 4 rings (SSSR count). The molecule has 0 atom stereocenters. The molecule has 2 heterocycles. The summed E-state index contributed by atoms with van der Waals surface area (Å²) < 4.78 is 5.94. The molecule has 0 radical (unpaired) electrons. The SMILES string of the molecule is Cc1ccc(COc2ccc(-c3cnc(C4CCC4)[nH]3)cc2C)nc1. The molecule has 0 saturated heterocycles. The van der Waals surface area contributed by atoms with Crippen molar-refractivity contribution in [1.29, 1.82) is 0 Å². The molecule has 1 saturated carbocycles. The number of hydrogen-bond donors (Lipinski definition) is 1. The molecule has 4 heteroatoms. The van der Waals surface area contributed by atoms with Crippen molar-refractivity contribution in [2.24, 2.45) is 0 Å². The Hall–Kier alpha value is -2.62. The topological polar surface area (TPSA) is 50.8 Å². The van der Waals surface area contributed by atoms with Crippen LogP contribution in [0.5, 0.6) is 5.75 Å². The van der Waals surface area contributed by atoms with Crippen LogP contribution in [0.4, 0.5) is 0 Å². The molecule has 1 fully saturated rings. The van der Waals surface area contributed by atoms with Crippen LogP contribution in [0.1, 0.15) is 47.8 Å². The molecule has 1 aliphatic rings. The zero-order valence-corrected chi connectivity index (χ0v) is 14.7. The van der Waals surface area contributed by atoms with E-state index in [4.69, 9.17) is 4.74 Å². The highest BCUT2D eigenvalue weighted by Gasteiger charge is 2.22. The predicted molar refractivity (Wildman–Crippen MR) is 98.7 cm³/mol. The number of nitrogens with one attached hydrogen (secondary N) is 1. The fourth-order valence-electron chi connectivity index (χ4n) is 3.09. The maximum absolute atomic E-state index is 5.94. The summed E-state index contributed by atoms with van der Waals surface area (Å²) in [6.45, 7) is 4.59. The molecule has 128 valence electrons. The summed E-state index contributed by atoms with van der Waals surface area (Å²) in [6, 6.07) is 10.3. The summed E-state index contributed by atoms with van der Waals surface area (Å²) in [7, 11) is 0. The second-order valence-corrected chi connectivity index (χ2v) is 6.91. The van der Waals surface area contributed by atoms with Crippen LogP contribution in [0.3, 0.4) is 0 Å². The van der Waals surface area contributed by atoms with E-state index in [9.17, 15) is 0 Å². The number of rotatable bonds is 5. The molecule has 2 aromatic heterocycles. The first kappa shape index (κ1) is 15.9. The zero-order valence-electron chi connectivity index (χ0n) is 14.7.